The molecule has 0 aliphatic carbocycles. The number of pyridine rings is 1. The van der Waals surface area contributed by atoms with Gasteiger partial charge in [-0.25, -0.2) is 4.52 Å². The minimum absolute atomic E-state index is 0.0541. The second-order valence-electron chi connectivity index (χ2n) is 3.85. The maximum Gasteiger partial charge on any atom is 0.255 e. The lowest BCUT2D eigenvalue weighted by Crippen LogP contribution is -2.36. The number of amides is 1. The Balaban J connectivity index is 2.25. The molecule has 0 radical (unpaired) electrons. The van der Waals surface area contributed by atoms with Gasteiger partial charge in [0, 0.05) is 6.20 Å². The number of fused-ring (bicyclic) bond motifs is 1. The molecule has 90 valence electrons. The number of hydrogen-bond acceptors (Lipinski definition) is 3. The van der Waals surface area contributed by atoms with Crippen LogP contribution in [-0.2, 0) is 0 Å². The number of aromatic nitrogens is 2. The van der Waals surface area contributed by atoms with E-state index < -0.39 is 0 Å². The first-order valence-electron chi connectivity index (χ1n) is 5.60. The van der Waals surface area contributed by atoms with Gasteiger partial charge in [0.2, 0.25) is 0 Å². The fourth-order valence-corrected chi connectivity index (χ4v) is 1.65. The van der Waals surface area contributed by atoms with Gasteiger partial charge < -0.3 is 10.4 Å². The Kier molecular flexibility index (Phi) is 3.39. The van der Waals surface area contributed by atoms with Crippen LogP contribution in [0.25, 0.3) is 5.52 Å². The van der Waals surface area contributed by atoms with Gasteiger partial charge in [-0.05, 0) is 18.6 Å². The molecule has 0 fully saturated rings. The van der Waals surface area contributed by atoms with Gasteiger partial charge in [0.15, 0.2) is 0 Å². The van der Waals surface area contributed by atoms with Gasteiger partial charge in [-0.3, -0.25) is 4.79 Å². The molecule has 0 saturated heterocycles. The summed E-state index contributed by atoms with van der Waals surface area (Å²) in [4.78, 5) is 12.0. The Morgan fingerprint density at radius 2 is 2.41 bits per heavy atom. The average Bonchev–Trinajstić information content (AvgIpc) is 2.79. The number of rotatable bonds is 4. The molecular formula is C12H15N3O2. The molecule has 2 aromatic heterocycles. The predicted molar refractivity (Wildman–Crippen MR) is 63.8 cm³/mol. The van der Waals surface area contributed by atoms with Gasteiger partial charge in [-0.15, -0.1) is 0 Å². The lowest BCUT2D eigenvalue weighted by molar-refractivity contribution is 0.0916. The van der Waals surface area contributed by atoms with Gasteiger partial charge in [0.25, 0.3) is 5.91 Å². The zero-order valence-electron chi connectivity index (χ0n) is 9.63. The molecule has 0 aliphatic rings. The minimum atomic E-state index is -0.207. The third-order valence-electron chi connectivity index (χ3n) is 2.72. The molecule has 2 heterocycles. The lowest BCUT2D eigenvalue weighted by Gasteiger charge is -2.13. The Bertz CT molecular complexity index is 517. The molecule has 2 N–H and O–H groups in total. The van der Waals surface area contributed by atoms with Gasteiger partial charge in [0.1, 0.15) is 0 Å². The first-order chi connectivity index (χ1) is 8.26. The van der Waals surface area contributed by atoms with Crippen molar-refractivity contribution in [1.29, 1.82) is 0 Å². The maximum absolute atomic E-state index is 12.0. The molecule has 2 aromatic rings. The molecule has 17 heavy (non-hydrogen) atoms. The van der Waals surface area contributed by atoms with Crippen molar-refractivity contribution in [3.05, 3.63) is 36.2 Å². The smallest absolute Gasteiger partial charge is 0.255 e. The third kappa shape index (κ3) is 2.29. The SMILES string of the molecule is CC[C@@H](CO)NC(=O)c1cnn2ccccc12. The minimum Gasteiger partial charge on any atom is -0.394 e. The van der Waals surface area contributed by atoms with Crippen LogP contribution in [0.3, 0.4) is 0 Å². The van der Waals surface area contributed by atoms with Crippen molar-refractivity contribution >= 4 is 11.4 Å². The van der Waals surface area contributed by atoms with Crippen LogP contribution >= 0.6 is 0 Å². The normalized spacial score (nSPS) is 12.6. The Labute approximate surface area is 99.1 Å². The van der Waals surface area contributed by atoms with Gasteiger partial charge >= 0.3 is 0 Å². The number of nitrogens with one attached hydrogen (secondary N) is 1. The van der Waals surface area contributed by atoms with Crippen molar-refractivity contribution in [2.45, 2.75) is 19.4 Å². The van der Waals surface area contributed by atoms with E-state index in [2.05, 4.69) is 10.4 Å². The van der Waals surface area contributed by atoms with Crippen LogP contribution in [0.15, 0.2) is 30.6 Å². The first kappa shape index (κ1) is 11.6. The quantitative estimate of drug-likeness (QED) is 0.822. The molecular weight excluding hydrogens is 218 g/mol. The molecule has 0 aromatic carbocycles. The molecule has 5 nitrogen and oxygen atoms in total. The highest BCUT2D eigenvalue weighted by Crippen LogP contribution is 2.10. The monoisotopic (exact) mass is 233 g/mol. The fourth-order valence-electron chi connectivity index (χ4n) is 1.65. The second-order valence-corrected chi connectivity index (χ2v) is 3.85. The number of carbonyl (C=O) groups excluding carboxylic acids is 1. The maximum atomic E-state index is 12.0. The van der Waals surface area contributed by atoms with Crippen LogP contribution in [0.5, 0.6) is 0 Å². The molecule has 0 spiro atoms. The highest BCUT2D eigenvalue weighted by atomic mass is 16.3. The van der Waals surface area contributed by atoms with Crippen LogP contribution in [-0.4, -0.2) is 33.3 Å². The second kappa shape index (κ2) is 4.97. The standard InChI is InChI=1S/C12H15N3O2/c1-2-9(8-16)14-12(17)10-7-13-15-6-4-3-5-11(10)15/h3-7,9,16H,2,8H2,1H3,(H,14,17)/t9-/m0/s1. The van der Waals surface area contributed by atoms with E-state index in [9.17, 15) is 4.79 Å². The van der Waals surface area contributed by atoms with Crippen molar-refractivity contribution in [3.63, 3.8) is 0 Å². The van der Waals surface area contributed by atoms with E-state index in [1.807, 2.05) is 25.1 Å². The number of nitrogens with zero attached hydrogens (tertiary/aromatic N) is 2. The Morgan fingerprint density at radius 1 is 1.59 bits per heavy atom. The van der Waals surface area contributed by atoms with Crippen molar-refractivity contribution in [1.82, 2.24) is 14.9 Å². The zero-order valence-corrected chi connectivity index (χ0v) is 9.63. The van der Waals surface area contributed by atoms with E-state index in [1.165, 1.54) is 6.20 Å². The van der Waals surface area contributed by atoms with Gasteiger partial charge in [-0.1, -0.05) is 13.0 Å². The predicted octanol–water partition coefficient (Wildman–Crippen LogP) is 0.835. The summed E-state index contributed by atoms with van der Waals surface area (Å²) >= 11 is 0. The van der Waals surface area contributed by atoms with Crippen molar-refractivity contribution in [2.24, 2.45) is 0 Å². The summed E-state index contributed by atoms with van der Waals surface area (Å²) in [6, 6.07) is 5.34. The summed E-state index contributed by atoms with van der Waals surface area (Å²) in [5.74, 6) is -0.202. The topological polar surface area (TPSA) is 66.6 Å². The van der Waals surface area contributed by atoms with Crippen molar-refractivity contribution in [2.75, 3.05) is 6.61 Å². The molecule has 1 amide bonds. The van der Waals surface area contributed by atoms with E-state index in [4.69, 9.17) is 5.11 Å². The fraction of sp³-hybridized carbons (Fsp3) is 0.333. The van der Waals surface area contributed by atoms with Crippen molar-refractivity contribution < 1.29 is 9.90 Å². The summed E-state index contributed by atoms with van der Waals surface area (Å²) < 4.78 is 1.65. The number of carbonyl (C=O) groups is 1. The van der Waals surface area contributed by atoms with Crippen LogP contribution < -0.4 is 5.32 Å². The van der Waals surface area contributed by atoms with Gasteiger partial charge in [-0.2, -0.15) is 5.10 Å². The van der Waals surface area contributed by atoms with E-state index in [-0.39, 0.29) is 18.6 Å². The third-order valence-corrected chi connectivity index (χ3v) is 2.72. The first-order valence-corrected chi connectivity index (χ1v) is 5.60. The zero-order chi connectivity index (χ0) is 12.3. The lowest BCUT2D eigenvalue weighted by atomic mass is 10.2. The summed E-state index contributed by atoms with van der Waals surface area (Å²) in [6.07, 6.45) is 4.02. The largest absolute Gasteiger partial charge is 0.394 e. The van der Waals surface area contributed by atoms with E-state index in [1.54, 1.807) is 10.7 Å². The Hall–Kier alpha value is -1.88. The number of aliphatic hydroxyl groups excluding tert-OH is 1. The van der Waals surface area contributed by atoms with Crippen LogP contribution in [0.4, 0.5) is 0 Å². The summed E-state index contributed by atoms with van der Waals surface area (Å²) in [5.41, 5.74) is 1.29. The molecule has 5 heteroatoms. The van der Waals surface area contributed by atoms with E-state index in [0.717, 1.165) is 5.52 Å². The highest BCUT2D eigenvalue weighted by molar-refractivity contribution is 6.00. The molecule has 0 aliphatic heterocycles. The number of hydrogen-bond donors (Lipinski definition) is 2. The van der Waals surface area contributed by atoms with Crippen LogP contribution in [0, 0.1) is 0 Å². The van der Waals surface area contributed by atoms with Crippen LogP contribution in [0.1, 0.15) is 23.7 Å². The average molecular weight is 233 g/mol. The molecule has 0 saturated carbocycles. The number of aliphatic hydroxyl groups is 1. The van der Waals surface area contributed by atoms with Gasteiger partial charge in [0.05, 0.1) is 29.9 Å². The molecule has 2 rings (SSSR count). The highest BCUT2D eigenvalue weighted by Gasteiger charge is 2.15. The van der Waals surface area contributed by atoms with Crippen molar-refractivity contribution in [3.8, 4) is 0 Å². The summed E-state index contributed by atoms with van der Waals surface area (Å²) in [6.45, 7) is 1.86. The molecule has 1 atom stereocenters. The van der Waals surface area contributed by atoms with E-state index in [0.29, 0.717) is 12.0 Å². The Morgan fingerprint density at radius 3 is 3.12 bits per heavy atom. The van der Waals surface area contributed by atoms with Crippen LogP contribution in [0.2, 0.25) is 0 Å². The molecule has 0 unspecified atom stereocenters. The summed E-state index contributed by atoms with van der Waals surface area (Å²) in [7, 11) is 0. The molecule has 0 bridgehead atoms. The summed E-state index contributed by atoms with van der Waals surface area (Å²) in [5, 5.41) is 15.9. The van der Waals surface area contributed by atoms with E-state index >= 15 is 0 Å².